The topological polar surface area (TPSA) is 52.9 Å². The number of amides is 1. The second-order valence-corrected chi connectivity index (χ2v) is 3.86. The molecular formula is C12H12N2O. The zero-order valence-corrected chi connectivity index (χ0v) is 8.36. The fourth-order valence-corrected chi connectivity index (χ4v) is 1.46. The number of carbonyl (C=O) groups excluding carboxylic acids is 1. The Kier molecular flexibility index (Phi) is 2.42. The van der Waals surface area contributed by atoms with Gasteiger partial charge >= 0.3 is 0 Å². The standard InChI is InChI=1S/C12H12N2O/c13-9-12(6-7-12)11(15)14-8-10-4-2-1-3-5-10/h1-5H,6-8H2,(H,14,15). The lowest BCUT2D eigenvalue weighted by molar-refractivity contribution is -0.124. The molecule has 3 heteroatoms. The van der Waals surface area contributed by atoms with E-state index in [9.17, 15) is 4.79 Å². The molecule has 0 aromatic heterocycles. The van der Waals surface area contributed by atoms with Crippen LogP contribution in [0, 0.1) is 16.7 Å². The number of benzene rings is 1. The summed E-state index contributed by atoms with van der Waals surface area (Å²) in [5.74, 6) is -0.131. The average Bonchev–Trinajstić information content (AvgIpc) is 3.08. The van der Waals surface area contributed by atoms with E-state index in [0.29, 0.717) is 19.4 Å². The van der Waals surface area contributed by atoms with Crippen LogP contribution in [0.5, 0.6) is 0 Å². The molecule has 0 aliphatic heterocycles. The summed E-state index contributed by atoms with van der Waals surface area (Å²) >= 11 is 0. The van der Waals surface area contributed by atoms with E-state index in [1.54, 1.807) is 0 Å². The van der Waals surface area contributed by atoms with Crippen LogP contribution in [0.25, 0.3) is 0 Å². The van der Waals surface area contributed by atoms with E-state index < -0.39 is 5.41 Å². The van der Waals surface area contributed by atoms with Gasteiger partial charge in [-0.1, -0.05) is 30.3 Å². The summed E-state index contributed by atoms with van der Waals surface area (Å²) in [4.78, 5) is 11.6. The van der Waals surface area contributed by atoms with Crippen LogP contribution in [-0.4, -0.2) is 5.91 Å². The van der Waals surface area contributed by atoms with Crippen molar-refractivity contribution in [2.45, 2.75) is 19.4 Å². The lowest BCUT2D eigenvalue weighted by atomic mass is 10.1. The molecule has 1 aromatic carbocycles. The summed E-state index contributed by atoms with van der Waals surface area (Å²) in [6, 6.07) is 11.8. The Morgan fingerprint density at radius 3 is 2.60 bits per heavy atom. The first-order valence-corrected chi connectivity index (χ1v) is 5.00. The van der Waals surface area contributed by atoms with Crippen molar-refractivity contribution in [3.8, 4) is 6.07 Å². The van der Waals surface area contributed by atoms with Gasteiger partial charge in [-0.15, -0.1) is 0 Å². The smallest absolute Gasteiger partial charge is 0.240 e. The molecule has 0 spiro atoms. The summed E-state index contributed by atoms with van der Waals surface area (Å²) in [6.07, 6.45) is 1.40. The highest BCUT2D eigenvalue weighted by molar-refractivity contribution is 5.88. The summed E-state index contributed by atoms with van der Waals surface area (Å²) in [6.45, 7) is 0.503. The fourth-order valence-electron chi connectivity index (χ4n) is 1.46. The number of rotatable bonds is 3. The summed E-state index contributed by atoms with van der Waals surface area (Å²) in [5, 5.41) is 11.6. The molecular weight excluding hydrogens is 188 g/mol. The molecule has 1 amide bonds. The van der Waals surface area contributed by atoms with Gasteiger partial charge in [0.2, 0.25) is 5.91 Å². The Morgan fingerprint density at radius 2 is 2.07 bits per heavy atom. The maximum absolute atomic E-state index is 11.6. The van der Waals surface area contributed by atoms with Crippen LogP contribution in [0.2, 0.25) is 0 Å². The molecule has 1 aliphatic carbocycles. The van der Waals surface area contributed by atoms with Crippen LogP contribution in [0.15, 0.2) is 30.3 Å². The van der Waals surface area contributed by atoms with Crippen molar-refractivity contribution in [3.63, 3.8) is 0 Å². The van der Waals surface area contributed by atoms with Gasteiger partial charge in [0.05, 0.1) is 6.07 Å². The molecule has 0 saturated heterocycles. The van der Waals surface area contributed by atoms with Gasteiger partial charge in [-0.2, -0.15) is 5.26 Å². The van der Waals surface area contributed by atoms with Gasteiger partial charge in [-0.05, 0) is 18.4 Å². The number of nitriles is 1. The van der Waals surface area contributed by atoms with Crippen molar-refractivity contribution < 1.29 is 4.79 Å². The molecule has 1 aromatic rings. The third-order valence-corrected chi connectivity index (χ3v) is 2.69. The van der Waals surface area contributed by atoms with Crippen molar-refractivity contribution in [3.05, 3.63) is 35.9 Å². The Hall–Kier alpha value is -1.82. The van der Waals surface area contributed by atoms with Gasteiger partial charge in [0, 0.05) is 6.54 Å². The molecule has 1 saturated carbocycles. The molecule has 0 bridgehead atoms. The molecule has 0 atom stereocenters. The fraction of sp³-hybridized carbons (Fsp3) is 0.333. The lowest BCUT2D eigenvalue weighted by Gasteiger charge is -2.07. The Morgan fingerprint density at radius 1 is 1.40 bits per heavy atom. The SMILES string of the molecule is N#CC1(C(=O)NCc2ccccc2)CC1. The molecule has 0 radical (unpaired) electrons. The lowest BCUT2D eigenvalue weighted by Crippen LogP contribution is -2.30. The molecule has 15 heavy (non-hydrogen) atoms. The number of hydrogen-bond acceptors (Lipinski definition) is 2. The van der Waals surface area contributed by atoms with Gasteiger partial charge in [-0.3, -0.25) is 4.79 Å². The molecule has 1 aliphatic rings. The van der Waals surface area contributed by atoms with E-state index in [1.807, 2.05) is 30.3 Å². The molecule has 1 fully saturated rings. The van der Waals surface area contributed by atoms with E-state index in [-0.39, 0.29) is 5.91 Å². The maximum atomic E-state index is 11.6. The second-order valence-electron chi connectivity index (χ2n) is 3.86. The number of carbonyl (C=O) groups is 1. The first kappa shape index (κ1) is 9.72. The first-order valence-electron chi connectivity index (χ1n) is 5.00. The molecule has 0 heterocycles. The largest absolute Gasteiger partial charge is 0.351 e. The minimum atomic E-state index is -0.714. The third-order valence-electron chi connectivity index (χ3n) is 2.69. The normalized spacial score (nSPS) is 16.5. The Balaban J connectivity index is 1.90. The van der Waals surface area contributed by atoms with Crippen LogP contribution in [0.1, 0.15) is 18.4 Å². The van der Waals surface area contributed by atoms with Crippen LogP contribution < -0.4 is 5.32 Å². The molecule has 2 rings (SSSR count). The molecule has 0 unspecified atom stereocenters. The highest BCUT2D eigenvalue weighted by Gasteiger charge is 2.50. The minimum absolute atomic E-state index is 0.131. The average molecular weight is 200 g/mol. The van der Waals surface area contributed by atoms with Crippen molar-refractivity contribution in [1.82, 2.24) is 5.32 Å². The molecule has 1 N–H and O–H groups in total. The van der Waals surface area contributed by atoms with Gasteiger partial charge in [-0.25, -0.2) is 0 Å². The van der Waals surface area contributed by atoms with Gasteiger partial charge in [0.25, 0.3) is 0 Å². The van der Waals surface area contributed by atoms with Gasteiger partial charge in [0.1, 0.15) is 5.41 Å². The zero-order valence-electron chi connectivity index (χ0n) is 8.36. The summed E-state index contributed by atoms with van der Waals surface area (Å²) in [5.41, 5.74) is 0.342. The quantitative estimate of drug-likeness (QED) is 0.805. The van der Waals surface area contributed by atoms with E-state index in [4.69, 9.17) is 5.26 Å². The Bertz CT molecular complexity index is 401. The predicted molar refractivity (Wildman–Crippen MR) is 55.6 cm³/mol. The van der Waals surface area contributed by atoms with Gasteiger partial charge < -0.3 is 5.32 Å². The monoisotopic (exact) mass is 200 g/mol. The third kappa shape index (κ3) is 1.99. The predicted octanol–water partition coefficient (Wildman–Crippen LogP) is 1.61. The van der Waals surface area contributed by atoms with Crippen LogP contribution in [0.3, 0.4) is 0 Å². The number of nitrogens with one attached hydrogen (secondary N) is 1. The van der Waals surface area contributed by atoms with Gasteiger partial charge in [0.15, 0.2) is 0 Å². The minimum Gasteiger partial charge on any atom is -0.351 e. The number of nitrogens with zero attached hydrogens (tertiary/aromatic N) is 1. The Labute approximate surface area is 88.7 Å². The van der Waals surface area contributed by atoms with E-state index in [2.05, 4.69) is 11.4 Å². The maximum Gasteiger partial charge on any atom is 0.240 e. The molecule has 76 valence electrons. The zero-order chi connectivity index (χ0) is 10.7. The van der Waals surface area contributed by atoms with Crippen molar-refractivity contribution in [2.24, 2.45) is 5.41 Å². The van der Waals surface area contributed by atoms with E-state index in [1.165, 1.54) is 0 Å². The highest BCUT2D eigenvalue weighted by atomic mass is 16.2. The van der Waals surface area contributed by atoms with Crippen LogP contribution >= 0.6 is 0 Å². The first-order chi connectivity index (χ1) is 7.27. The number of hydrogen-bond donors (Lipinski definition) is 1. The van der Waals surface area contributed by atoms with Crippen LogP contribution in [-0.2, 0) is 11.3 Å². The summed E-state index contributed by atoms with van der Waals surface area (Å²) in [7, 11) is 0. The highest BCUT2D eigenvalue weighted by Crippen LogP contribution is 2.44. The second kappa shape index (κ2) is 3.74. The summed E-state index contributed by atoms with van der Waals surface area (Å²) < 4.78 is 0. The molecule has 3 nitrogen and oxygen atoms in total. The van der Waals surface area contributed by atoms with E-state index in [0.717, 1.165) is 5.56 Å². The van der Waals surface area contributed by atoms with Crippen molar-refractivity contribution in [1.29, 1.82) is 5.26 Å². The van der Waals surface area contributed by atoms with E-state index >= 15 is 0 Å². The van der Waals surface area contributed by atoms with Crippen molar-refractivity contribution >= 4 is 5.91 Å². The van der Waals surface area contributed by atoms with Crippen LogP contribution in [0.4, 0.5) is 0 Å². The van der Waals surface area contributed by atoms with Crippen molar-refractivity contribution in [2.75, 3.05) is 0 Å².